The maximum Gasteiger partial charge on any atom is 0.0406 e. The molecule has 0 fully saturated rings. The molecule has 0 bridgehead atoms. The van der Waals surface area contributed by atoms with Gasteiger partial charge in [0.15, 0.2) is 0 Å². The molecule has 0 saturated carbocycles. The fourth-order valence-corrected chi connectivity index (χ4v) is 2.75. The molecule has 88 valence electrons. The highest BCUT2D eigenvalue weighted by atomic mass is 35.5. The zero-order valence-corrected chi connectivity index (χ0v) is 11.1. The molecule has 0 amide bonds. The lowest BCUT2D eigenvalue weighted by Gasteiger charge is -2.11. The molecule has 0 aliphatic heterocycles. The Balaban J connectivity index is 2.26. The van der Waals surface area contributed by atoms with Crippen molar-refractivity contribution in [1.29, 1.82) is 0 Å². The zero-order chi connectivity index (χ0) is 12.3. The van der Waals surface area contributed by atoms with Gasteiger partial charge in [0.1, 0.15) is 0 Å². The van der Waals surface area contributed by atoms with E-state index in [9.17, 15) is 0 Å². The highest BCUT2D eigenvalue weighted by Gasteiger charge is 2.07. The number of rotatable bonds is 3. The van der Waals surface area contributed by atoms with E-state index in [4.69, 9.17) is 17.3 Å². The Labute approximate surface area is 111 Å². The van der Waals surface area contributed by atoms with E-state index in [0.717, 1.165) is 5.02 Å². The van der Waals surface area contributed by atoms with Gasteiger partial charge >= 0.3 is 0 Å². The number of hydrogen-bond donors (Lipinski definition) is 1. The molecule has 3 heteroatoms. The summed E-state index contributed by atoms with van der Waals surface area (Å²) in [5.41, 5.74) is 7.13. The molecular formula is C14H14ClNS. The summed E-state index contributed by atoms with van der Waals surface area (Å²) in [6, 6.07) is 16.1. The summed E-state index contributed by atoms with van der Waals surface area (Å²) >= 11 is 7.58. The Morgan fingerprint density at radius 2 is 1.71 bits per heavy atom. The van der Waals surface area contributed by atoms with Crippen LogP contribution in [0.4, 0.5) is 0 Å². The molecule has 0 aliphatic rings. The SMILES string of the molecule is C[C@H](N)c1ccccc1Sc1ccc(Cl)cc1. The van der Waals surface area contributed by atoms with Crippen LogP contribution in [0, 0.1) is 0 Å². The molecule has 0 radical (unpaired) electrons. The first kappa shape index (κ1) is 12.5. The van der Waals surface area contributed by atoms with E-state index < -0.39 is 0 Å². The van der Waals surface area contributed by atoms with E-state index >= 15 is 0 Å². The minimum atomic E-state index is 0.0472. The third-order valence-electron chi connectivity index (χ3n) is 2.45. The van der Waals surface area contributed by atoms with Crippen molar-refractivity contribution >= 4 is 23.4 Å². The molecular weight excluding hydrogens is 250 g/mol. The monoisotopic (exact) mass is 263 g/mol. The van der Waals surface area contributed by atoms with Gasteiger partial charge in [-0.2, -0.15) is 0 Å². The summed E-state index contributed by atoms with van der Waals surface area (Å²) < 4.78 is 0. The Morgan fingerprint density at radius 1 is 1.06 bits per heavy atom. The Bertz CT molecular complexity index is 494. The van der Waals surface area contributed by atoms with Crippen LogP contribution in [0.1, 0.15) is 18.5 Å². The van der Waals surface area contributed by atoms with Crippen molar-refractivity contribution < 1.29 is 0 Å². The van der Waals surface area contributed by atoms with E-state index in [1.807, 2.05) is 43.3 Å². The summed E-state index contributed by atoms with van der Waals surface area (Å²) in [5, 5.41) is 0.759. The molecule has 2 aromatic carbocycles. The van der Waals surface area contributed by atoms with E-state index in [0.29, 0.717) is 0 Å². The molecule has 0 aromatic heterocycles. The molecule has 0 heterocycles. The van der Waals surface area contributed by atoms with Gasteiger partial charge in [-0.1, -0.05) is 41.6 Å². The first-order chi connectivity index (χ1) is 8.16. The standard InChI is InChI=1S/C14H14ClNS/c1-10(16)13-4-2-3-5-14(13)17-12-8-6-11(15)7-9-12/h2-10H,16H2,1H3/t10-/m0/s1. The molecule has 2 aromatic rings. The van der Waals surface area contributed by atoms with Crippen LogP contribution in [0.15, 0.2) is 58.3 Å². The van der Waals surface area contributed by atoms with Crippen LogP contribution >= 0.6 is 23.4 Å². The lowest BCUT2D eigenvalue weighted by Crippen LogP contribution is -2.05. The van der Waals surface area contributed by atoms with Crippen LogP contribution in [-0.4, -0.2) is 0 Å². The number of nitrogens with two attached hydrogens (primary N) is 1. The molecule has 2 rings (SSSR count). The largest absolute Gasteiger partial charge is 0.324 e. The second-order valence-corrected chi connectivity index (χ2v) is 5.43. The topological polar surface area (TPSA) is 26.0 Å². The van der Waals surface area contributed by atoms with Crippen molar-refractivity contribution in [3.63, 3.8) is 0 Å². The van der Waals surface area contributed by atoms with Gasteiger partial charge in [0.05, 0.1) is 0 Å². The zero-order valence-electron chi connectivity index (χ0n) is 9.56. The first-order valence-electron chi connectivity index (χ1n) is 5.45. The average Bonchev–Trinajstić information content (AvgIpc) is 2.32. The van der Waals surface area contributed by atoms with Crippen LogP contribution in [0.2, 0.25) is 5.02 Å². The van der Waals surface area contributed by atoms with Crippen LogP contribution in [0.5, 0.6) is 0 Å². The summed E-state index contributed by atoms with van der Waals surface area (Å²) in [6.45, 7) is 2.00. The van der Waals surface area contributed by atoms with Crippen LogP contribution in [-0.2, 0) is 0 Å². The Morgan fingerprint density at radius 3 is 2.35 bits per heavy atom. The number of benzene rings is 2. The van der Waals surface area contributed by atoms with Crippen molar-refractivity contribution in [3.05, 3.63) is 59.1 Å². The lowest BCUT2D eigenvalue weighted by atomic mass is 10.1. The lowest BCUT2D eigenvalue weighted by molar-refractivity contribution is 0.797. The van der Waals surface area contributed by atoms with Gasteiger partial charge < -0.3 is 5.73 Å². The van der Waals surface area contributed by atoms with Crippen LogP contribution in [0.25, 0.3) is 0 Å². The minimum Gasteiger partial charge on any atom is -0.324 e. The van der Waals surface area contributed by atoms with E-state index in [2.05, 4.69) is 12.1 Å². The van der Waals surface area contributed by atoms with E-state index in [-0.39, 0.29) is 6.04 Å². The van der Waals surface area contributed by atoms with Crippen molar-refractivity contribution in [2.75, 3.05) is 0 Å². The van der Waals surface area contributed by atoms with Crippen molar-refractivity contribution in [2.45, 2.75) is 22.8 Å². The maximum atomic E-state index is 5.96. The second kappa shape index (κ2) is 5.58. The van der Waals surface area contributed by atoms with Gasteiger partial charge in [-0.3, -0.25) is 0 Å². The number of hydrogen-bond acceptors (Lipinski definition) is 2. The first-order valence-corrected chi connectivity index (χ1v) is 6.64. The molecule has 0 aliphatic carbocycles. The molecule has 1 nitrogen and oxygen atoms in total. The number of halogens is 1. The Kier molecular flexibility index (Phi) is 4.11. The van der Waals surface area contributed by atoms with Gasteiger partial charge in [0.2, 0.25) is 0 Å². The molecule has 1 atom stereocenters. The second-order valence-electron chi connectivity index (χ2n) is 3.88. The van der Waals surface area contributed by atoms with Crippen LogP contribution in [0.3, 0.4) is 0 Å². The molecule has 2 N–H and O–H groups in total. The van der Waals surface area contributed by atoms with Gasteiger partial charge in [0.25, 0.3) is 0 Å². The van der Waals surface area contributed by atoms with Gasteiger partial charge in [-0.15, -0.1) is 0 Å². The third kappa shape index (κ3) is 3.25. The minimum absolute atomic E-state index is 0.0472. The smallest absolute Gasteiger partial charge is 0.0406 e. The molecule has 0 spiro atoms. The maximum absolute atomic E-state index is 5.96. The predicted molar refractivity (Wildman–Crippen MR) is 74.6 cm³/mol. The molecule has 17 heavy (non-hydrogen) atoms. The summed E-state index contributed by atoms with van der Waals surface area (Å²) in [4.78, 5) is 2.37. The fraction of sp³-hybridized carbons (Fsp3) is 0.143. The van der Waals surface area contributed by atoms with E-state index in [1.165, 1.54) is 15.4 Å². The average molecular weight is 264 g/mol. The van der Waals surface area contributed by atoms with E-state index in [1.54, 1.807) is 11.8 Å². The normalized spacial score (nSPS) is 12.4. The highest BCUT2D eigenvalue weighted by Crippen LogP contribution is 2.33. The summed E-state index contributed by atoms with van der Waals surface area (Å²) in [6.07, 6.45) is 0. The Hall–Kier alpha value is -0.960. The predicted octanol–water partition coefficient (Wildman–Crippen LogP) is 4.51. The highest BCUT2D eigenvalue weighted by molar-refractivity contribution is 7.99. The molecule has 0 unspecified atom stereocenters. The van der Waals surface area contributed by atoms with Gasteiger partial charge in [-0.25, -0.2) is 0 Å². The fourth-order valence-electron chi connectivity index (χ4n) is 1.58. The summed E-state index contributed by atoms with van der Waals surface area (Å²) in [7, 11) is 0. The van der Waals surface area contributed by atoms with Gasteiger partial charge in [-0.05, 0) is 42.8 Å². The molecule has 0 saturated heterocycles. The van der Waals surface area contributed by atoms with Crippen molar-refractivity contribution in [1.82, 2.24) is 0 Å². The van der Waals surface area contributed by atoms with Gasteiger partial charge in [0, 0.05) is 20.9 Å². The van der Waals surface area contributed by atoms with Crippen molar-refractivity contribution in [2.24, 2.45) is 5.73 Å². The third-order valence-corrected chi connectivity index (χ3v) is 3.80. The summed E-state index contributed by atoms with van der Waals surface area (Å²) in [5.74, 6) is 0. The van der Waals surface area contributed by atoms with Crippen molar-refractivity contribution in [3.8, 4) is 0 Å². The van der Waals surface area contributed by atoms with Crippen LogP contribution < -0.4 is 5.73 Å². The quantitative estimate of drug-likeness (QED) is 0.882.